The SMILES string of the molecule is CC/C=C\[B]/C=C\C/C=C\C/C=C\CC. The van der Waals surface area contributed by atoms with E-state index in [0.717, 1.165) is 25.7 Å². The summed E-state index contributed by atoms with van der Waals surface area (Å²) in [4.78, 5) is 0. The fraction of sp³-hybridized carbons (Fsp3) is 0.429. The van der Waals surface area contributed by atoms with Gasteiger partial charge in [0.2, 0.25) is 0 Å². The highest BCUT2D eigenvalue weighted by Gasteiger charge is 1.75. The summed E-state index contributed by atoms with van der Waals surface area (Å²) < 4.78 is 0. The van der Waals surface area contributed by atoms with Crippen LogP contribution in [0.1, 0.15) is 39.5 Å². The summed E-state index contributed by atoms with van der Waals surface area (Å²) in [6.45, 7) is 4.29. The molecule has 0 aliphatic carbocycles. The van der Waals surface area contributed by atoms with Crippen molar-refractivity contribution >= 4 is 7.28 Å². The molecular formula is C14H22B. The minimum absolute atomic E-state index is 1.02. The van der Waals surface area contributed by atoms with Crippen molar-refractivity contribution < 1.29 is 0 Å². The summed E-state index contributed by atoms with van der Waals surface area (Å²) in [7, 11) is 2.08. The van der Waals surface area contributed by atoms with Crippen LogP contribution < -0.4 is 0 Å². The zero-order chi connectivity index (χ0) is 11.2. The van der Waals surface area contributed by atoms with E-state index in [4.69, 9.17) is 0 Å². The molecule has 0 amide bonds. The Hall–Kier alpha value is -0.975. The van der Waals surface area contributed by atoms with Gasteiger partial charge >= 0.3 is 0 Å². The Bertz CT molecular complexity index is 197. The van der Waals surface area contributed by atoms with Gasteiger partial charge in [0.25, 0.3) is 0 Å². The fourth-order valence-electron chi connectivity index (χ4n) is 1.05. The van der Waals surface area contributed by atoms with Crippen molar-refractivity contribution in [2.75, 3.05) is 0 Å². The molecule has 0 aromatic rings. The van der Waals surface area contributed by atoms with Crippen LogP contribution in [0, 0.1) is 0 Å². The van der Waals surface area contributed by atoms with Gasteiger partial charge in [-0.25, -0.2) is 0 Å². The monoisotopic (exact) mass is 201 g/mol. The molecule has 0 atom stereocenters. The Balaban J connectivity index is 3.36. The minimum Gasteiger partial charge on any atom is -0.121 e. The number of rotatable bonds is 8. The Kier molecular flexibility index (Phi) is 12.2. The quantitative estimate of drug-likeness (QED) is 0.402. The third-order valence-corrected chi connectivity index (χ3v) is 1.84. The van der Waals surface area contributed by atoms with Crippen LogP contribution in [-0.2, 0) is 0 Å². The normalized spacial score (nSPS) is 12.7. The van der Waals surface area contributed by atoms with Crippen molar-refractivity contribution in [3.05, 3.63) is 48.4 Å². The van der Waals surface area contributed by atoms with E-state index in [1.807, 2.05) is 0 Å². The van der Waals surface area contributed by atoms with Crippen molar-refractivity contribution in [1.82, 2.24) is 0 Å². The lowest BCUT2D eigenvalue weighted by Gasteiger charge is -1.83. The van der Waals surface area contributed by atoms with Crippen molar-refractivity contribution in [3.63, 3.8) is 0 Å². The predicted molar refractivity (Wildman–Crippen MR) is 72.1 cm³/mol. The Morgan fingerprint density at radius 2 is 1.20 bits per heavy atom. The van der Waals surface area contributed by atoms with Gasteiger partial charge in [0.15, 0.2) is 7.28 Å². The lowest BCUT2D eigenvalue weighted by atomic mass is 9.78. The summed E-state index contributed by atoms with van der Waals surface area (Å²) in [5.41, 5.74) is 0. The molecule has 0 N–H and O–H groups in total. The van der Waals surface area contributed by atoms with E-state index in [1.54, 1.807) is 0 Å². The first kappa shape index (κ1) is 14.0. The van der Waals surface area contributed by atoms with Gasteiger partial charge in [0.05, 0.1) is 0 Å². The lowest BCUT2D eigenvalue weighted by molar-refractivity contribution is 1.19. The molecule has 0 bridgehead atoms. The first-order chi connectivity index (χ1) is 7.41. The molecule has 0 heterocycles. The van der Waals surface area contributed by atoms with E-state index in [9.17, 15) is 0 Å². The highest BCUT2D eigenvalue weighted by molar-refractivity contribution is 6.48. The zero-order valence-corrected chi connectivity index (χ0v) is 10.0. The maximum absolute atomic E-state index is 2.21. The summed E-state index contributed by atoms with van der Waals surface area (Å²) in [6.07, 6.45) is 17.4. The summed E-state index contributed by atoms with van der Waals surface area (Å²) in [5, 5.41) is 0. The summed E-state index contributed by atoms with van der Waals surface area (Å²) in [5.74, 6) is 4.18. The Morgan fingerprint density at radius 3 is 1.87 bits per heavy atom. The first-order valence-corrected chi connectivity index (χ1v) is 5.86. The maximum Gasteiger partial charge on any atom is 0.170 e. The molecule has 1 heteroatoms. The third-order valence-electron chi connectivity index (χ3n) is 1.84. The van der Waals surface area contributed by atoms with Gasteiger partial charge in [0, 0.05) is 0 Å². The van der Waals surface area contributed by atoms with Gasteiger partial charge in [-0.05, 0) is 25.7 Å². The van der Waals surface area contributed by atoms with E-state index in [2.05, 4.69) is 69.5 Å². The molecule has 15 heavy (non-hydrogen) atoms. The largest absolute Gasteiger partial charge is 0.170 e. The summed E-state index contributed by atoms with van der Waals surface area (Å²) >= 11 is 0. The average molecular weight is 201 g/mol. The van der Waals surface area contributed by atoms with E-state index >= 15 is 0 Å². The molecule has 0 unspecified atom stereocenters. The minimum atomic E-state index is 1.02. The molecule has 0 aromatic carbocycles. The molecule has 0 rings (SSSR count). The molecule has 0 aliphatic heterocycles. The predicted octanol–water partition coefficient (Wildman–Crippen LogP) is 4.43. The van der Waals surface area contributed by atoms with Gasteiger partial charge in [0.1, 0.15) is 0 Å². The first-order valence-electron chi connectivity index (χ1n) is 5.86. The standard InChI is InChI=1S/C14H22B/c1-3-5-7-8-9-10-11-12-14-15-13-6-4-2/h5-7,9-10,12-14H,3-4,8,11H2,1-2H3/b7-5-,10-9-,13-6-,14-12-. The van der Waals surface area contributed by atoms with Crippen molar-refractivity contribution in [2.45, 2.75) is 39.5 Å². The maximum atomic E-state index is 2.21. The van der Waals surface area contributed by atoms with Crippen LogP contribution in [0.4, 0.5) is 0 Å². The van der Waals surface area contributed by atoms with Crippen LogP contribution in [0.5, 0.6) is 0 Å². The van der Waals surface area contributed by atoms with Gasteiger partial charge in [-0.2, -0.15) is 0 Å². The second-order valence-electron chi connectivity index (χ2n) is 3.28. The molecule has 0 spiro atoms. The van der Waals surface area contributed by atoms with E-state index in [0.29, 0.717) is 0 Å². The molecule has 0 saturated carbocycles. The summed E-state index contributed by atoms with van der Waals surface area (Å²) in [6, 6.07) is 0. The van der Waals surface area contributed by atoms with Crippen LogP contribution in [0.3, 0.4) is 0 Å². The van der Waals surface area contributed by atoms with E-state index in [-0.39, 0.29) is 0 Å². The van der Waals surface area contributed by atoms with E-state index in [1.165, 1.54) is 0 Å². The van der Waals surface area contributed by atoms with Crippen LogP contribution >= 0.6 is 0 Å². The van der Waals surface area contributed by atoms with Gasteiger partial charge in [-0.1, -0.05) is 50.3 Å². The topological polar surface area (TPSA) is 0 Å². The van der Waals surface area contributed by atoms with E-state index < -0.39 is 0 Å². The lowest BCUT2D eigenvalue weighted by Crippen LogP contribution is -1.75. The van der Waals surface area contributed by atoms with Crippen LogP contribution in [0.25, 0.3) is 0 Å². The number of hydrogen-bond donors (Lipinski definition) is 0. The third kappa shape index (κ3) is 13.0. The molecule has 0 aliphatic rings. The Labute approximate surface area is 95.7 Å². The molecule has 0 nitrogen and oxygen atoms in total. The number of allylic oxidation sites excluding steroid dienone is 6. The van der Waals surface area contributed by atoms with Crippen molar-refractivity contribution in [2.24, 2.45) is 0 Å². The molecule has 0 aromatic heterocycles. The number of hydrogen-bond acceptors (Lipinski definition) is 0. The van der Waals surface area contributed by atoms with Gasteiger partial charge in [-0.15, -0.1) is 12.0 Å². The molecule has 1 radical (unpaired) electrons. The zero-order valence-electron chi connectivity index (χ0n) is 10.0. The van der Waals surface area contributed by atoms with Crippen molar-refractivity contribution in [3.8, 4) is 0 Å². The molecular weight excluding hydrogens is 179 g/mol. The second-order valence-corrected chi connectivity index (χ2v) is 3.28. The molecule has 81 valence electrons. The molecule has 0 fully saturated rings. The Morgan fingerprint density at radius 1 is 0.667 bits per heavy atom. The van der Waals surface area contributed by atoms with Gasteiger partial charge < -0.3 is 0 Å². The highest BCUT2D eigenvalue weighted by atomic mass is 13.8. The second kappa shape index (κ2) is 13.0. The van der Waals surface area contributed by atoms with Crippen LogP contribution in [0.15, 0.2) is 48.4 Å². The van der Waals surface area contributed by atoms with Crippen LogP contribution in [0.2, 0.25) is 0 Å². The average Bonchev–Trinajstić information content (AvgIpc) is 2.26. The molecule has 0 saturated heterocycles. The van der Waals surface area contributed by atoms with Gasteiger partial charge in [-0.3, -0.25) is 0 Å². The smallest absolute Gasteiger partial charge is 0.121 e. The van der Waals surface area contributed by atoms with Crippen LogP contribution in [-0.4, -0.2) is 7.28 Å². The highest BCUT2D eigenvalue weighted by Crippen LogP contribution is 1.92. The fourth-order valence-corrected chi connectivity index (χ4v) is 1.05. The van der Waals surface area contributed by atoms with Crippen molar-refractivity contribution in [1.29, 1.82) is 0 Å².